The minimum absolute atomic E-state index is 0.00823. The molecule has 3 rings (SSSR count). The summed E-state index contributed by atoms with van der Waals surface area (Å²) in [7, 11) is 0. The zero-order valence-electron chi connectivity index (χ0n) is 15.0. The molecule has 0 aliphatic rings. The van der Waals surface area contributed by atoms with Crippen LogP contribution in [0, 0.1) is 6.92 Å². The predicted molar refractivity (Wildman–Crippen MR) is 105 cm³/mol. The lowest BCUT2D eigenvalue weighted by Gasteiger charge is -2.19. The normalized spacial score (nSPS) is 11.8. The Hall–Kier alpha value is -3.32. The van der Waals surface area contributed by atoms with E-state index in [4.69, 9.17) is 11.6 Å². The molecular weight excluding hydrogens is 382 g/mol. The largest absolute Gasteiger partial charge is 0.481 e. The first kappa shape index (κ1) is 19.4. The van der Waals surface area contributed by atoms with Crippen molar-refractivity contribution in [1.29, 1.82) is 0 Å². The van der Waals surface area contributed by atoms with Crippen molar-refractivity contribution in [2.45, 2.75) is 19.4 Å². The summed E-state index contributed by atoms with van der Waals surface area (Å²) >= 11 is 6.11. The number of nitrogens with one attached hydrogen (secondary N) is 2. The summed E-state index contributed by atoms with van der Waals surface area (Å²) in [6.07, 6.45) is -0.286. The van der Waals surface area contributed by atoms with Gasteiger partial charge in [0.1, 0.15) is 5.69 Å². The molecule has 0 spiro atoms. The molecule has 1 atom stereocenters. The number of carboxylic acid groups (broad SMARTS) is 1. The SMILES string of the molecule is Cc1ccccc1[C@H](CC(=O)O)NC(=O)c1cc(=O)n(-c2ccccc2Cl)[nH]1. The predicted octanol–water partition coefficient (Wildman–Crippen LogP) is 3.07. The monoisotopic (exact) mass is 399 g/mol. The number of hydrogen-bond donors (Lipinski definition) is 3. The van der Waals surface area contributed by atoms with E-state index in [-0.39, 0.29) is 12.1 Å². The second-order valence-electron chi connectivity index (χ2n) is 6.28. The van der Waals surface area contributed by atoms with Gasteiger partial charge in [0.2, 0.25) is 0 Å². The van der Waals surface area contributed by atoms with Crippen molar-refractivity contribution in [3.8, 4) is 5.69 Å². The Labute approximate surface area is 165 Å². The van der Waals surface area contributed by atoms with Crippen LogP contribution in [0.4, 0.5) is 0 Å². The van der Waals surface area contributed by atoms with Crippen LogP contribution in [0.15, 0.2) is 59.4 Å². The highest BCUT2D eigenvalue weighted by Crippen LogP contribution is 2.21. The quantitative estimate of drug-likeness (QED) is 0.592. The molecule has 3 N–H and O–H groups in total. The van der Waals surface area contributed by atoms with E-state index in [1.165, 1.54) is 0 Å². The van der Waals surface area contributed by atoms with Gasteiger partial charge in [-0.2, -0.15) is 0 Å². The van der Waals surface area contributed by atoms with E-state index < -0.39 is 23.5 Å². The highest BCUT2D eigenvalue weighted by molar-refractivity contribution is 6.32. The van der Waals surface area contributed by atoms with Crippen LogP contribution < -0.4 is 10.9 Å². The number of aromatic nitrogens is 2. The summed E-state index contributed by atoms with van der Waals surface area (Å²) in [5.41, 5.74) is 1.52. The van der Waals surface area contributed by atoms with Gasteiger partial charge in [-0.1, -0.05) is 48.0 Å². The molecule has 8 heteroatoms. The molecule has 0 aliphatic heterocycles. The van der Waals surface area contributed by atoms with Crippen molar-refractivity contribution in [3.63, 3.8) is 0 Å². The van der Waals surface area contributed by atoms with Crippen LogP contribution >= 0.6 is 11.6 Å². The zero-order valence-corrected chi connectivity index (χ0v) is 15.7. The van der Waals surface area contributed by atoms with E-state index in [1.807, 2.05) is 19.1 Å². The lowest BCUT2D eigenvalue weighted by atomic mass is 9.98. The Kier molecular flexibility index (Phi) is 5.65. The number of hydrogen-bond acceptors (Lipinski definition) is 3. The molecule has 1 aromatic heterocycles. The Morgan fingerprint density at radius 2 is 1.86 bits per heavy atom. The van der Waals surface area contributed by atoms with Crippen LogP contribution in [0.3, 0.4) is 0 Å². The average Bonchev–Trinajstić information content (AvgIpc) is 3.03. The average molecular weight is 400 g/mol. The van der Waals surface area contributed by atoms with Gasteiger partial charge >= 0.3 is 5.97 Å². The molecule has 0 saturated carbocycles. The van der Waals surface area contributed by atoms with Crippen molar-refractivity contribution in [2.24, 2.45) is 0 Å². The Morgan fingerprint density at radius 3 is 2.54 bits per heavy atom. The molecule has 2 aromatic carbocycles. The van der Waals surface area contributed by atoms with Crippen molar-refractivity contribution in [2.75, 3.05) is 0 Å². The lowest BCUT2D eigenvalue weighted by Crippen LogP contribution is -2.31. The minimum atomic E-state index is -1.05. The number of H-pyrrole nitrogens is 1. The number of aliphatic carboxylic acids is 1. The maximum atomic E-state index is 12.7. The molecule has 0 bridgehead atoms. The van der Waals surface area contributed by atoms with Gasteiger partial charge < -0.3 is 10.4 Å². The topological polar surface area (TPSA) is 104 Å². The van der Waals surface area contributed by atoms with Gasteiger partial charge in [-0.15, -0.1) is 0 Å². The van der Waals surface area contributed by atoms with Crippen LogP contribution in [0.2, 0.25) is 5.02 Å². The Balaban J connectivity index is 1.90. The molecule has 0 aliphatic carbocycles. The van der Waals surface area contributed by atoms with E-state index >= 15 is 0 Å². The van der Waals surface area contributed by atoms with Crippen LogP contribution in [0.5, 0.6) is 0 Å². The van der Waals surface area contributed by atoms with E-state index in [1.54, 1.807) is 36.4 Å². The number of para-hydroxylation sites is 1. The number of aryl methyl sites for hydroxylation is 1. The third-order valence-electron chi connectivity index (χ3n) is 4.31. The number of nitrogens with zero attached hydrogens (tertiary/aromatic N) is 1. The Bertz CT molecular complexity index is 1090. The first-order valence-corrected chi connectivity index (χ1v) is 8.89. The van der Waals surface area contributed by atoms with Gasteiger partial charge in [-0.3, -0.25) is 19.5 Å². The minimum Gasteiger partial charge on any atom is -0.481 e. The number of carbonyl (C=O) groups is 2. The molecule has 1 amide bonds. The maximum absolute atomic E-state index is 12.7. The van der Waals surface area contributed by atoms with Gasteiger partial charge in [-0.05, 0) is 30.2 Å². The van der Waals surface area contributed by atoms with Gasteiger partial charge in [0, 0.05) is 6.07 Å². The summed E-state index contributed by atoms with van der Waals surface area (Å²) in [6.45, 7) is 1.84. The van der Waals surface area contributed by atoms with Crippen LogP contribution in [0.1, 0.15) is 34.1 Å². The number of halogens is 1. The van der Waals surface area contributed by atoms with Crippen molar-refractivity contribution < 1.29 is 14.7 Å². The first-order valence-electron chi connectivity index (χ1n) is 8.52. The molecule has 0 unspecified atom stereocenters. The van der Waals surface area contributed by atoms with Gasteiger partial charge in [0.25, 0.3) is 11.5 Å². The Morgan fingerprint density at radius 1 is 1.18 bits per heavy atom. The highest BCUT2D eigenvalue weighted by atomic mass is 35.5. The van der Waals surface area contributed by atoms with Crippen molar-refractivity contribution in [3.05, 3.63) is 86.8 Å². The molecular formula is C20H18ClN3O4. The second kappa shape index (κ2) is 8.14. The van der Waals surface area contributed by atoms with Gasteiger partial charge in [0.15, 0.2) is 0 Å². The smallest absolute Gasteiger partial charge is 0.305 e. The molecule has 0 fully saturated rings. The number of aromatic amines is 1. The fourth-order valence-corrected chi connectivity index (χ4v) is 3.17. The zero-order chi connectivity index (χ0) is 20.3. The molecule has 1 heterocycles. The highest BCUT2D eigenvalue weighted by Gasteiger charge is 2.22. The molecule has 3 aromatic rings. The molecule has 7 nitrogen and oxygen atoms in total. The molecule has 144 valence electrons. The van der Waals surface area contributed by atoms with Crippen LogP contribution in [-0.2, 0) is 4.79 Å². The van der Waals surface area contributed by atoms with Crippen LogP contribution in [0.25, 0.3) is 5.69 Å². The third-order valence-corrected chi connectivity index (χ3v) is 4.63. The van der Waals surface area contributed by atoms with E-state index in [9.17, 15) is 19.5 Å². The number of amides is 1. The van der Waals surface area contributed by atoms with Gasteiger partial charge in [0.05, 0.1) is 23.2 Å². The number of carboxylic acids is 1. The summed E-state index contributed by atoms with van der Waals surface area (Å²) in [5.74, 6) is -1.63. The second-order valence-corrected chi connectivity index (χ2v) is 6.68. The number of carbonyl (C=O) groups excluding carboxylic acids is 1. The maximum Gasteiger partial charge on any atom is 0.305 e. The molecule has 0 saturated heterocycles. The number of benzene rings is 2. The number of rotatable bonds is 6. The van der Waals surface area contributed by atoms with Crippen molar-refractivity contribution in [1.82, 2.24) is 15.1 Å². The fraction of sp³-hybridized carbons (Fsp3) is 0.150. The van der Waals surface area contributed by atoms with Crippen LogP contribution in [-0.4, -0.2) is 26.8 Å². The van der Waals surface area contributed by atoms with E-state index in [0.29, 0.717) is 16.3 Å². The van der Waals surface area contributed by atoms with E-state index in [0.717, 1.165) is 16.3 Å². The molecule has 28 heavy (non-hydrogen) atoms. The van der Waals surface area contributed by atoms with Crippen molar-refractivity contribution >= 4 is 23.5 Å². The fourth-order valence-electron chi connectivity index (χ4n) is 2.95. The first-order chi connectivity index (χ1) is 13.4. The van der Waals surface area contributed by atoms with E-state index in [2.05, 4.69) is 10.4 Å². The summed E-state index contributed by atoms with van der Waals surface area (Å²) < 4.78 is 1.16. The summed E-state index contributed by atoms with van der Waals surface area (Å²) in [4.78, 5) is 36.2. The third kappa shape index (κ3) is 4.15. The van der Waals surface area contributed by atoms with Gasteiger partial charge in [-0.25, -0.2) is 4.68 Å². The summed E-state index contributed by atoms with van der Waals surface area (Å²) in [6, 6.07) is 14.3. The standard InChI is InChI=1S/C20H18ClN3O4/c1-12-6-2-3-7-13(12)15(11-19(26)27)22-20(28)16-10-18(25)24(23-16)17-9-5-4-8-14(17)21/h2-10,15,23H,11H2,1H3,(H,22,28)(H,26,27)/t15-/m0/s1. The lowest BCUT2D eigenvalue weighted by molar-refractivity contribution is -0.137. The summed E-state index contributed by atoms with van der Waals surface area (Å²) in [5, 5.41) is 15.0. The molecule has 0 radical (unpaired) electrons.